The third-order valence-electron chi connectivity index (χ3n) is 2.44. The average molecular weight is 200 g/mol. The maximum Gasteiger partial charge on any atom is -0.0227 e. The summed E-state index contributed by atoms with van der Waals surface area (Å²) < 4.78 is 0. The summed E-state index contributed by atoms with van der Waals surface area (Å²) in [6, 6.07) is 10.5. The van der Waals surface area contributed by atoms with Crippen molar-refractivity contribution in [1.29, 1.82) is 0 Å². The van der Waals surface area contributed by atoms with Crippen LogP contribution >= 0.6 is 0 Å². The molecule has 1 rings (SSSR count). The molecule has 0 N–H and O–H groups in total. The Morgan fingerprint density at radius 2 is 1.93 bits per heavy atom. The summed E-state index contributed by atoms with van der Waals surface area (Å²) in [4.78, 5) is 0. The first-order chi connectivity index (χ1) is 7.34. The van der Waals surface area contributed by atoms with Crippen molar-refractivity contribution in [2.24, 2.45) is 0 Å². The van der Waals surface area contributed by atoms with E-state index in [1.54, 1.807) is 0 Å². The van der Waals surface area contributed by atoms with Gasteiger partial charge in [0.1, 0.15) is 0 Å². The molecule has 0 bridgehead atoms. The Hall–Kier alpha value is -1.30. The standard InChI is InChI=1S/C15H20/c1-3-4-5-6-8-11-14(2)15-12-9-7-10-13-15/h6-13H,3-5H2,1-2H3. The molecule has 15 heavy (non-hydrogen) atoms. The number of benzene rings is 1. The smallest absolute Gasteiger partial charge is 0.0227 e. The predicted octanol–water partition coefficient (Wildman–Crippen LogP) is 4.84. The lowest BCUT2D eigenvalue weighted by atomic mass is 10.1. The van der Waals surface area contributed by atoms with Gasteiger partial charge in [-0.25, -0.2) is 0 Å². The first-order valence-electron chi connectivity index (χ1n) is 5.73. The van der Waals surface area contributed by atoms with Gasteiger partial charge >= 0.3 is 0 Å². The van der Waals surface area contributed by atoms with Crippen molar-refractivity contribution in [2.75, 3.05) is 0 Å². The Balaban J connectivity index is 2.50. The summed E-state index contributed by atoms with van der Waals surface area (Å²) >= 11 is 0. The number of rotatable bonds is 5. The van der Waals surface area contributed by atoms with Crippen LogP contribution in [0.4, 0.5) is 0 Å². The van der Waals surface area contributed by atoms with E-state index in [-0.39, 0.29) is 0 Å². The molecule has 0 heterocycles. The molecule has 0 radical (unpaired) electrons. The SMILES string of the molecule is CCCCC=CC=C(C)c1ccccc1. The zero-order valence-corrected chi connectivity index (χ0v) is 9.74. The quantitative estimate of drug-likeness (QED) is 0.471. The largest absolute Gasteiger partial charge is 0.0845 e. The van der Waals surface area contributed by atoms with Crippen LogP contribution in [0.3, 0.4) is 0 Å². The van der Waals surface area contributed by atoms with Crippen molar-refractivity contribution in [3.63, 3.8) is 0 Å². The molecule has 0 aliphatic carbocycles. The lowest BCUT2D eigenvalue weighted by molar-refractivity contribution is 0.815. The van der Waals surface area contributed by atoms with Gasteiger partial charge in [-0.05, 0) is 24.5 Å². The van der Waals surface area contributed by atoms with Crippen LogP contribution in [-0.2, 0) is 0 Å². The zero-order valence-electron chi connectivity index (χ0n) is 9.74. The number of hydrogen-bond acceptors (Lipinski definition) is 0. The second-order valence-electron chi connectivity index (χ2n) is 3.79. The molecule has 0 aromatic heterocycles. The Bertz CT molecular complexity index is 317. The monoisotopic (exact) mass is 200 g/mol. The summed E-state index contributed by atoms with van der Waals surface area (Å²) in [6.45, 7) is 4.37. The first kappa shape index (κ1) is 11.8. The van der Waals surface area contributed by atoms with Crippen molar-refractivity contribution in [3.05, 3.63) is 54.1 Å². The highest BCUT2D eigenvalue weighted by atomic mass is 14.0. The van der Waals surface area contributed by atoms with Crippen molar-refractivity contribution >= 4 is 5.57 Å². The fourth-order valence-electron chi connectivity index (χ4n) is 1.43. The summed E-state index contributed by atoms with van der Waals surface area (Å²) in [5, 5.41) is 0. The Morgan fingerprint density at radius 3 is 2.60 bits per heavy atom. The van der Waals surface area contributed by atoms with Crippen molar-refractivity contribution in [3.8, 4) is 0 Å². The van der Waals surface area contributed by atoms with E-state index in [0.29, 0.717) is 0 Å². The third kappa shape index (κ3) is 4.64. The van der Waals surface area contributed by atoms with Crippen LogP contribution in [0.15, 0.2) is 48.6 Å². The van der Waals surface area contributed by atoms with Gasteiger partial charge in [-0.15, -0.1) is 0 Å². The van der Waals surface area contributed by atoms with Crippen molar-refractivity contribution < 1.29 is 0 Å². The molecule has 1 aromatic rings. The Kier molecular flexibility index (Phi) is 5.54. The van der Waals surface area contributed by atoms with Crippen molar-refractivity contribution in [1.82, 2.24) is 0 Å². The maximum absolute atomic E-state index is 2.25. The van der Waals surface area contributed by atoms with Crippen molar-refractivity contribution in [2.45, 2.75) is 33.1 Å². The van der Waals surface area contributed by atoms with Gasteiger partial charge in [0.25, 0.3) is 0 Å². The van der Waals surface area contributed by atoms with E-state index in [4.69, 9.17) is 0 Å². The molecule has 0 amide bonds. The second kappa shape index (κ2) is 7.05. The number of hydrogen-bond donors (Lipinski definition) is 0. The van der Waals surface area contributed by atoms with Gasteiger partial charge in [-0.3, -0.25) is 0 Å². The van der Waals surface area contributed by atoms with Gasteiger partial charge in [0, 0.05) is 0 Å². The van der Waals surface area contributed by atoms with Gasteiger partial charge in [0.15, 0.2) is 0 Å². The molecule has 0 fully saturated rings. The van der Waals surface area contributed by atoms with Crippen LogP contribution in [0.5, 0.6) is 0 Å². The van der Waals surface area contributed by atoms with E-state index < -0.39 is 0 Å². The van der Waals surface area contributed by atoms with E-state index in [1.807, 2.05) is 6.07 Å². The molecule has 0 aliphatic rings. The fourth-order valence-corrected chi connectivity index (χ4v) is 1.43. The lowest BCUT2D eigenvalue weighted by Gasteiger charge is -1.98. The van der Waals surface area contributed by atoms with Crippen LogP contribution in [0.1, 0.15) is 38.7 Å². The Labute approximate surface area is 93.3 Å². The highest BCUT2D eigenvalue weighted by Crippen LogP contribution is 2.12. The zero-order chi connectivity index (χ0) is 10.9. The van der Waals surface area contributed by atoms with Crippen LogP contribution in [0.25, 0.3) is 5.57 Å². The fraction of sp³-hybridized carbons (Fsp3) is 0.333. The first-order valence-corrected chi connectivity index (χ1v) is 5.73. The molecule has 0 nitrogen and oxygen atoms in total. The van der Waals surface area contributed by atoms with Gasteiger partial charge in [-0.2, -0.15) is 0 Å². The van der Waals surface area contributed by atoms with E-state index in [0.717, 1.165) is 0 Å². The molecule has 0 spiro atoms. The van der Waals surface area contributed by atoms with E-state index in [9.17, 15) is 0 Å². The molecular formula is C15H20. The minimum absolute atomic E-state index is 1.19. The normalized spacial score (nSPS) is 12.3. The maximum atomic E-state index is 2.25. The molecule has 0 saturated heterocycles. The molecule has 0 saturated carbocycles. The Morgan fingerprint density at radius 1 is 1.20 bits per heavy atom. The lowest BCUT2D eigenvalue weighted by Crippen LogP contribution is -1.76. The molecule has 80 valence electrons. The summed E-state index contributed by atoms with van der Waals surface area (Å²) in [6.07, 6.45) is 10.3. The summed E-state index contributed by atoms with van der Waals surface area (Å²) in [7, 11) is 0. The molecule has 0 atom stereocenters. The van der Waals surface area contributed by atoms with Crippen LogP contribution in [-0.4, -0.2) is 0 Å². The summed E-state index contributed by atoms with van der Waals surface area (Å²) in [5.74, 6) is 0. The topological polar surface area (TPSA) is 0 Å². The number of allylic oxidation sites excluding steroid dienone is 4. The minimum atomic E-state index is 1.19. The van der Waals surface area contributed by atoms with E-state index in [1.165, 1.54) is 30.4 Å². The van der Waals surface area contributed by atoms with Crippen LogP contribution < -0.4 is 0 Å². The van der Waals surface area contributed by atoms with E-state index >= 15 is 0 Å². The second-order valence-corrected chi connectivity index (χ2v) is 3.79. The third-order valence-corrected chi connectivity index (χ3v) is 2.44. The number of unbranched alkanes of at least 4 members (excludes halogenated alkanes) is 2. The summed E-state index contributed by atoms with van der Waals surface area (Å²) in [5.41, 5.74) is 2.63. The molecule has 0 unspecified atom stereocenters. The van der Waals surface area contributed by atoms with Crippen LogP contribution in [0.2, 0.25) is 0 Å². The molecule has 1 aromatic carbocycles. The predicted molar refractivity (Wildman–Crippen MR) is 68.8 cm³/mol. The average Bonchev–Trinajstić information content (AvgIpc) is 2.30. The molecular weight excluding hydrogens is 180 g/mol. The van der Waals surface area contributed by atoms with Gasteiger partial charge < -0.3 is 0 Å². The highest BCUT2D eigenvalue weighted by molar-refractivity contribution is 5.64. The van der Waals surface area contributed by atoms with Crippen LogP contribution in [0, 0.1) is 0 Å². The highest BCUT2D eigenvalue weighted by Gasteiger charge is 1.90. The van der Waals surface area contributed by atoms with Gasteiger partial charge in [-0.1, -0.05) is 68.3 Å². The van der Waals surface area contributed by atoms with Gasteiger partial charge in [0.2, 0.25) is 0 Å². The molecule has 0 aliphatic heterocycles. The van der Waals surface area contributed by atoms with E-state index in [2.05, 4.69) is 56.3 Å². The molecule has 0 heteroatoms. The van der Waals surface area contributed by atoms with Gasteiger partial charge in [0.05, 0.1) is 0 Å². The minimum Gasteiger partial charge on any atom is -0.0845 e.